The molecule has 0 aliphatic carbocycles. The van der Waals surface area contributed by atoms with Crippen molar-refractivity contribution in [1.29, 1.82) is 0 Å². The lowest BCUT2D eigenvalue weighted by atomic mass is 10.0. The van der Waals surface area contributed by atoms with Crippen LogP contribution in [0.15, 0.2) is 23.2 Å². The molecule has 0 aromatic carbocycles. The van der Waals surface area contributed by atoms with Gasteiger partial charge in [0.1, 0.15) is 15.6 Å². The Morgan fingerprint density at radius 3 is 2.44 bits per heavy atom. The van der Waals surface area contributed by atoms with Crippen LogP contribution in [0.1, 0.15) is 41.0 Å². The molecule has 142 valence electrons. The number of carbonyl (C=O) groups is 1. The van der Waals surface area contributed by atoms with E-state index in [4.69, 9.17) is 16.3 Å². The molecule has 7 nitrogen and oxygen atoms in total. The number of hydrogen-bond acceptors (Lipinski definition) is 5. The average molecular weight is 392 g/mol. The number of amides is 1. The Kier molecular flexibility index (Phi) is 7.64. The topological polar surface area (TPSA) is 97.4 Å². The van der Waals surface area contributed by atoms with E-state index in [1.807, 2.05) is 13.8 Å². The van der Waals surface area contributed by atoms with Crippen molar-refractivity contribution in [2.24, 2.45) is 5.92 Å². The standard InChI is InChI=1S/C16H26ClN3O4S/c1-11(2)8-12(20-15(21)24-16(3,4)5)9-19-25(22,23)13-6-7-14(17)18-10-13/h6-7,10-12,19H,8-9H2,1-5H3,(H,20,21)/t12-/m0/s1. The van der Waals surface area contributed by atoms with Gasteiger partial charge in [-0.25, -0.2) is 22.9 Å². The summed E-state index contributed by atoms with van der Waals surface area (Å²) in [5.74, 6) is 0.265. The van der Waals surface area contributed by atoms with Gasteiger partial charge in [-0.3, -0.25) is 0 Å². The van der Waals surface area contributed by atoms with Crippen LogP contribution in [0.5, 0.6) is 0 Å². The molecule has 1 amide bonds. The molecule has 25 heavy (non-hydrogen) atoms. The fraction of sp³-hybridized carbons (Fsp3) is 0.625. The third-order valence-corrected chi connectivity index (χ3v) is 4.64. The average Bonchev–Trinajstić information content (AvgIpc) is 2.42. The number of rotatable bonds is 7. The third-order valence-electron chi connectivity index (χ3n) is 3.01. The summed E-state index contributed by atoms with van der Waals surface area (Å²) in [7, 11) is -3.74. The van der Waals surface area contributed by atoms with E-state index in [0.717, 1.165) is 0 Å². The Bertz CT molecular complexity index is 670. The Morgan fingerprint density at radius 2 is 1.96 bits per heavy atom. The van der Waals surface area contributed by atoms with E-state index in [0.29, 0.717) is 6.42 Å². The minimum absolute atomic E-state index is 0.0115. The zero-order valence-electron chi connectivity index (χ0n) is 15.2. The van der Waals surface area contributed by atoms with E-state index >= 15 is 0 Å². The Morgan fingerprint density at radius 1 is 1.32 bits per heavy atom. The molecule has 9 heteroatoms. The molecule has 0 radical (unpaired) electrons. The highest BCUT2D eigenvalue weighted by Crippen LogP contribution is 2.12. The van der Waals surface area contributed by atoms with Gasteiger partial charge in [-0.15, -0.1) is 0 Å². The third kappa shape index (κ3) is 8.51. The fourth-order valence-electron chi connectivity index (χ4n) is 2.05. The summed E-state index contributed by atoms with van der Waals surface area (Å²) in [6.07, 6.45) is 1.20. The highest BCUT2D eigenvalue weighted by Gasteiger charge is 2.22. The second kappa shape index (κ2) is 8.82. The zero-order valence-corrected chi connectivity index (χ0v) is 16.7. The van der Waals surface area contributed by atoms with Crippen molar-refractivity contribution in [2.45, 2.75) is 57.6 Å². The predicted molar refractivity (Wildman–Crippen MR) is 97.0 cm³/mol. The lowest BCUT2D eigenvalue weighted by Gasteiger charge is -2.24. The first-order chi connectivity index (χ1) is 11.4. The zero-order chi connectivity index (χ0) is 19.3. The summed E-state index contributed by atoms with van der Waals surface area (Å²) in [4.78, 5) is 15.7. The molecule has 2 N–H and O–H groups in total. The number of sulfonamides is 1. The maximum absolute atomic E-state index is 12.3. The summed E-state index contributed by atoms with van der Waals surface area (Å²) in [6.45, 7) is 9.31. The molecule has 0 bridgehead atoms. The van der Waals surface area contributed by atoms with E-state index in [1.165, 1.54) is 18.3 Å². The van der Waals surface area contributed by atoms with Crippen molar-refractivity contribution in [2.75, 3.05) is 6.54 Å². The van der Waals surface area contributed by atoms with Crippen molar-refractivity contribution in [1.82, 2.24) is 15.0 Å². The number of carbonyl (C=O) groups excluding carboxylic acids is 1. The molecule has 1 aromatic heterocycles. The van der Waals surface area contributed by atoms with Crippen LogP contribution in [0.3, 0.4) is 0 Å². The molecule has 0 spiro atoms. The first kappa shape index (κ1) is 21.7. The Hall–Kier alpha value is -1.38. The number of pyridine rings is 1. The molecule has 1 aromatic rings. The lowest BCUT2D eigenvalue weighted by molar-refractivity contribution is 0.0499. The van der Waals surface area contributed by atoms with Crippen molar-refractivity contribution in [3.8, 4) is 0 Å². The minimum atomic E-state index is -3.74. The molecule has 0 saturated carbocycles. The number of nitrogens with one attached hydrogen (secondary N) is 2. The Labute approximate surface area is 154 Å². The second-order valence-electron chi connectivity index (χ2n) is 7.14. The number of ether oxygens (including phenoxy) is 1. The van der Waals surface area contributed by atoms with Crippen LogP contribution >= 0.6 is 11.6 Å². The van der Waals surface area contributed by atoms with Crippen LogP contribution in [0.2, 0.25) is 5.15 Å². The highest BCUT2D eigenvalue weighted by molar-refractivity contribution is 7.89. The van der Waals surface area contributed by atoms with E-state index in [9.17, 15) is 13.2 Å². The van der Waals surface area contributed by atoms with Crippen LogP contribution in [-0.4, -0.2) is 37.7 Å². The number of nitrogens with zero attached hydrogens (tertiary/aromatic N) is 1. The minimum Gasteiger partial charge on any atom is -0.444 e. The summed E-state index contributed by atoms with van der Waals surface area (Å²) < 4.78 is 32.3. The molecule has 0 saturated heterocycles. The fourth-order valence-corrected chi connectivity index (χ4v) is 3.19. The highest BCUT2D eigenvalue weighted by atomic mass is 35.5. The van der Waals surface area contributed by atoms with E-state index in [1.54, 1.807) is 20.8 Å². The van der Waals surface area contributed by atoms with Crippen LogP contribution in [-0.2, 0) is 14.8 Å². The Balaban J connectivity index is 2.74. The van der Waals surface area contributed by atoms with Crippen molar-refractivity contribution >= 4 is 27.7 Å². The van der Waals surface area contributed by atoms with Gasteiger partial charge in [0.15, 0.2) is 0 Å². The van der Waals surface area contributed by atoms with Gasteiger partial charge >= 0.3 is 6.09 Å². The molecule has 1 atom stereocenters. The first-order valence-electron chi connectivity index (χ1n) is 8.00. The number of aromatic nitrogens is 1. The van der Waals surface area contributed by atoms with Gasteiger partial charge in [-0.05, 0) is 45.2 Å². The van der Waals surface area contributed by atoms with Gasteiger partial charge in [-0.2, -0.15) is 0 Å². The summed E-state index contributed by atoms with van der Waals surface area (Å²) in [5, 5.41) is 2.92. The summed E-state index contributed by atoms with van der Waals surface area (Å²) in [6, 6.07) is 2.38. The smallest absolute Gasteiger partial charge is 0.407 e. The predicted octanol–water partition coefficient (Wildman–Crippen LogP) is 2.95. The van der Waals surface area contributed by atoms with Gasteiger partial charge in [0.05, 0.1) is 0 Å². The van der Waals surface area contributed by atoms with Crippen LogP contribution in [0.25, 0.3) is 0 Å². The largest absolute Gasteiger partial charge is 0.444 e. The molecule has 1 heterocycles. The number of alkyl carbamates (subject to hydrolysis) is 1. The lowest BCUT2D eigenvalue weighted by Crippen LogP contribution is -2.46. The molecule has 0 aliphatic heterocycles. The van der Waals surface area contributed by atoms with E-state index < -0.39 is 27.8 Å². The van der Waals surface area contributed by atoms with Crippen LogP contribution in [0, 0.1) is 5.92 Å². The molecule has 0 aliphatic rings. The molecule has 1 rings (SSSR count). The van der Waals surface area contributed by atoms with E-state index in [-0.39, 0.29) is 22.5 Å². The van der Waals surface area contributed by atoms with Crippen molar-refractivity contribution in [3.63, 3.8) is 0 Å². The molecular formula is C16H26ClN3O4S. The monoisotopic (exact) mass is 391 g/mol. The van der Waals surface area contributed by atoms with E-state index in [2.05, 4.69) is 15.0 Å². The second-order valence-corrected chi connectivity index (χ2v) is 9.30. The van der Waals surface area contributed by atoms with Gasteiger partial charge in [-0.1, -0.05) is 25.4 Å². The van der Waals surface area contributed by atoms with Gasteiger partial charge in [0.25, 0.3) is 0 Å². The SMILES string of the molecule is CC(C)C[C@@H](CNS(=O)(=O)c1ccc(Cl)nc1)NC(=O)OC(C)(C)C. The van der Waals surface area contributed by atoms with Crippen molar-refractivity contribution in [3.05, 3.63) is 23.5 Å². The van der Waals surface area contributed by atoms with Gasteiger partial charge in [0.2, 0.25) is 10.0 Å². The maximum Gasteiger partial charge on any atom is 0.407 e. The summed E-state index contributed by atoms with van der Waals surface area (Å²) >= 11 is 5.67. The first-order valence-corrected chi connectivity index (χ1v) is 9.86. The van der Waals surface area contributed by atoms with Crippen molar-refractivity contribution < 1.29 is 17.9 Å². The molecule has 0 fully saturated rings. The number of hydrogen-bond donors (Lipinski definition) is 2. The van der Waals surface area contributed by atoms with Gasteiger partial charge in [0, 0.05) is 18.8 Å². The maximum atomic E-state index is 12.3. The molecule has 0 unspecified atom stereocenters. The quantitative estimate of drug-likeness (QED) is 0.696. The van der Waals surface area contributed by atoms with Gasteiger partial charge < -0.3 is 10.1 Å². The molecular weight excluding hydrogens is 366 g/mol. The van der Waals surface area contributed by atoms with Crippen LogP contribution in [0.4, 0.5) is 4.79 Å². The van der Waals surface area contributed by atoms with Crippen LogP contribution < -0.4 is 10.0 Å². The summed E-state index contributed by atoms with van der Waals surface area (Å²) in [5.41, 5.74) is -0.624. The normalized spacial score (nSPS) is 13.6. The number of halogens is 1.